The van der Waals surface area contributed by atoms with Crippen molar-refractivity contribution < 1.29 is 43.6 Å². The molecule has 0 saturated carbocycles. The number of benzene rings is 7. The van der Waals surface area contributed by atoms with Crippen molar-refractivity contribution in [1.82, 2.24) is 79.2 Å². The highest BCUT2D eigenvalue weighted by Gasteiger charge is 2.37. The number of amides is 4. The largest absolute Gasteiger partial charge is 0.508 e. The zero-order valence-corrected chi connectivity index (χ0v) is 84.0. The van der Waals surface area contributed by atoms with Gasteiger partial charge in [0.15, 0.2) is 0 Å². The number of rotatable bonds is 20. The first-order valence-corrected chi connectivity index (χ1v) is 51.1. The minimum atomic E-state index is -0.0410. The van der Waals surface area contributed by atoms with Crippen molar-refractivity contribution in [2.45, 2.75) is 103 Å². The summed E-state index contributed by atoms with van der Waals surface area (Å²) in [6, 6.07) is 48.3. The molecule has 10 aliphatic heterocycles. The Kier molecular flexibility index (Phi) is 30.7. The molecule has 33 nitrogen and oxygen atoms in total. The van der Waals surface area contributed by atoms with E-state index in [-0.39, 0.29) is 53.4 Å². The molecule has 754 valence electrons. The highest BCUT2D eigenvalue weighted by molar-refractivity contribution is 5.99. The molecular weight excluding hydrogens is 1830 g/mol. The summed E-state index contributed by atoms with van der Waals surface area (Å²) < 4.78 is 19.0. The number of ether oxygens (including phenoxy) is 3. The van der Waals surface area contributed by atoms with Gasteiger partial charge in [0, 0.05) is 235 Å². The van der Waals surface area contributed by atoms with Gasteiger partial charge in [-0.1, -0.05) is 136 Å². The summed E-state index contributed by atoms with van der Waals surface area (Å²) in [5.41, 5.74) is 13.1. The van der Waals surface area contributed by atoms with Gasteiger partial charge in [0.1, 0.15) is 59.4 Å². The van der Waals surface area contributed by atoms with E-state index in [1.807, 2.05) is 108 Å². The molecule has 145 heavy (non-hydrogen) atoms. The lowest BCUT2D eigenvalue weighted by Gasteiger charge is -2.38. The standard InChI is InChI=1S/2C30H36N6O3.C29H36N6O2.C23H24N6O/c2*1-3-28(38)34-13-15-35(16-14-34)29-25-10-12-36(27-18-22(37)17-21-7-4-5-9-24(21)27)20-26(25)31-30(32-29)39-23-8-6-11-33(2)19-23;1-5-27(36)33-15-17-34(18-16-33)28-24-13-14-35(26-12-8-10-22-9-6-7-11-23(22)26)20-25(24)30-29(31-28)37-21(2)19-32(3)4;1-2-22(30)27-9-11-28(12-10-27)23-19-7-8-29(15-20(19)25-16-26-23)21-14-24-13-17-5-3-4-6-18(17)21/h2*3-5,7,9,17-18,23,37H,1,6,8,10-16,19-20H2,2H3;5-12,21H,1,13-20H2,2-4H3;2-6,13-14,16H,1,7-12,15H2/t2*23-;21-;/m101./s1. The number of piperidine rings is 2. The second kappa shape index (κ2) is 45.0. The van der Waals surface area contributed by atoms with Crippen LogP contribution in [-0.4, -0.2) is 323 Å². The van der Waals surface area contributed by atoms with Crippen molar-refractivity contribution in [3.05, 3.63) is 254 Å². The molecule has 4 amide bonds. The lowest BCUT2D eigenvalue weighted by atomic mass is 10.0. The van der Waals surface area contributed by atoms with Gasteiger partial charge >= 0.3 is 18.0 Å². The molecule has 6 fully saturated rings. The summed E-state index contributed by atoms with van der Waals surface area (Å²) >= 11 is 0. The fourth-order valence-electron chi connectivity index (χ4n) is 22.0. The molecule has 0 aliphatic carbocycles. The highest BCUT2D eigenvalue weighted by atomic mass is 16.5. The van der Waals surface area contributed by atoms with Crippen LogP contribution in [0.4, 0.5) is 46.0 Å². The third-order valence-electron chi connectivity index (χ3n) is 29.4. The number of aromatic nitrogens is 9. The van der Waals surface area contributed by atoms with E-state index in [9.17, 15) is 29.4 Å². The van der Waals surface area contributed by atoms with Gasteiger partial charge in [0.2, 0.25) is 23.6 Å². The zero-order chi connectivity index (χ0) is 100. The predicted octanol–water partition coefficient (Wildman–Crippen LogP) is 12.2. The first kappa shape index (κ1) is 98.9. The number of hydrogen-bond acceptors (Lipinski definition) is 29. The van der Waals surface area contributed by atoms with Crippen LogP contribution in [0.5, 0.6) is 29.5 Å². The van der Waals surface area contributed by atoms with Gasteiger partial charge in [0.25, 0.3) is 0 Å². The van der Waals surface area contributed by atoms with E-state index < -0.39 is 0 Å². The minimum Gasteiger partial charge on any atom is -0.508 e. The van der Waals surface area contributed by atoms with Crippen LogP contribution in [0.25, 0.3) is 43.1 Å². The molecule has 6 saturated heterocycles. The molecule has 0 spiro atoms. The number of likely N-dealkylation sites (N-methyl/N-ethyl adjacent to an activating group) is 3. The average molecular weight is 1960 g/mol. The Bertz CT molecular complexity index is 6530. The lowest BCUT2D eigenvalue weighted by molar-refractivity contribution is -0.127. The van der Waals surface area contributed by atoms with Crippen LogP contribution in [0, 0.1) is 0 Å². The van der Waals surface area contributed by atoms with E-state index >= 15 is 0 Å². The van der Waals surface area contributed by atoms with Crippen molar-refractivity contribution in [1.29, 1.82) is 0 Å². The molecule has 22 rings (SSSR count). The summed E-state index contributed by atoms with van der Waals surface area (Å²) in [4.78, 5) is 124. The van der Waals surface area contributed by atoms with E-state index in [4.69, 9.17) is 44.1 Å². The summed E-state index contributed by atoms with van der Waals surface area (Å²) in [6.07, 6.45) is 18.6. The van der Waals surface area contributed by atoms with Gasteiger partial charge in [-0.3, -0.25) is 24.2 Å². The molecule has 0 bridgehead atoms. The zero-order valence-electron chi connectivity index (χ0n) is 84.0. The Labute approximate surface area is 848 Å². The minimum absolute atomic E-state index is 0.00120. The quantitative estimate of drug-likeness (QED) is 0.0670. The summed E-state index contributed by atoms with van der Waals surface area (Å²) in [5.74, 6) is 4.25. The molecule has 12 aromatic rings. The molecule has 10 aliphatic rings. The van der Waals surface area contributed by atoms with Crippen molar-refractivity contribution in [2.24, 2.45) is 0 Å². The molecule has 2 N–H and O–H groups in total. The predicted molar refractivity (Wildman–Crippen MR) is 571 cm³/mol. The van der Waals surface area contributed by atoms with E-state index in [1.54, 1.807) is 18.5 Å². The monoisotopic (exact) mass is 1960 g/mol. The summed E-state index contributed by atoms with van der Waals surface area (Å²) in [6.45, 7) is 38.3. The Balaban J connectivity index is 0.000000123. The van der Waals surface area contributed by atoms with Gasteiger partial charge < -0.3 is 97.9 Å². The van der Waals surface area contributed by atoms with Gasteiger partial charge in [-0.25, -0.2) is 9.97 Å². The van der Waals surface area contributed by atoms with Gasteiger partial charge in [0.05, 0.1) is 60.8 Å². The Morgan fingerprint density at radius 3 is 1.15 bits per heavy atom. The molecule has 33 heteroatoms. The van der Waals surface area contributed by atoms with Gasteiger partial charge in [-0.05, 0) is 158 Å². The van der Waals surface area contributed by atoms with E-state index in [0.29, 0.717) is 116 Å². The van der Waals surface area contributed by atoms with Crippen LogP contribution < -0.4 is 53.4 Å². The number of carbonyl (C=O) groups excluding carboxylic acids is 4. The molecule has 5 aromatic heterocycles. The number of carbonyl (C=O) groups is 4. The first-order valence-electron chi connectivity index (χ1n) is 51.1. The van der Waals surface area contributed by atoms with Crippen LogP contribution in [0.15, 0.2) is 209 Å². The summed E-state index contributed by atoms with van der Waals surface area (Å²) in [7, 11) is 8.31. The third kappa shape index (κ3) is 22.7. The number of hydrogen-bond donors (Lipinski definition) is 2. The fourth-order valence-corrected chi connectivity index (χ4v) is 22.0. The van der Waals surface area contributed by atoms with Crippen LogP contribution in [0.3, 0.4) is 0 Å². The smallest absolute Gasteiger partial charge is 0.318 e. The molecular formula is C112H132N24O9. The molecule has 7 aromatic carbocycles. The number of fused-ring (bicyclic) bond motifs is 8. The number of phenols is 2. The average Bonchev–Trinajstić information content (AvgIpc) is 0.768. The summed E-state index contributed by atoms with van der Waals surface area (Å²) in [5, 5.41) is 30.0. The SMILES string of the molecule is C=CC(=O)N1CCN(c2nc(O[C@@H]3CCCN(C)C3)nc3c2CCN(c2cc(O)cc4ccccc24)C3)CC1.C=CC(=O)N1CCN(c2nc(O[C@H](C)CN(C)C)nc3c2CCN(c2cccc4ccccc24)C3)CC1.C=CC(=O)N1CCN(c2nc(O[C@H]3CCCN(C)C3)nc3c2CCN(c2cc(O)cc4ccccc24)C3)CC1.C=CC(=O)N1CCN(c2ncnc3c2CCN(c2cncc4ccccc24)C3)CC1. The van der Waals surface area contributed by atoms with Crippen LogP contribution in [0.1, 0.15) is 77.6 Å². The van der Waals surface area contributed by atoms with Gasteiger partial charge in [-0.2, -0.15) is 29.9 Å². The lowest BCUT2D eigenvalue weighted by Crippen LogP contribution is -2.49. The van der Waals surface area contributed by atoms with Crippen molar-refractivity contribution >= 4 is 113 Å². The highest BCUT2D eigenvalue weighted by Crippen LogP contribution is 2.43. The van der Waals surface area contributed by atoms with Gasteiger partial charge in [-0.15, -0.1) is 0 Å². The Hall–Kier alpha value is -14.8. The number of likely N-dealkylation sites (tertiary alicyclic amines) is 2. The van der Waals surface area contributed by atoms with Crippen molar-refractivity contribution in [3.8, 4) is 29.5 Å². The number of nitrogens with zero attached hydrogens (tertiary/aromatic N) is 24. The van der Waals surface area contributed by atoms with Crippen molar-refractivity contribution in [3.63, 3.8) is 0 Å². The molecule has 0 unspecified atom stereocenters. The number of anilines is 8. The molecule has 0 radical (unpaired) electrons. The maximum Gasteiger partial charge on any atom is 0.318 e. The van der Waals surface area contributed by atoms with E-state index in [1.165, 1.54) is 57.3 Å². The third-order valence-corrected chi connectivity index (χ3v) is 29.4. The van der Waals surface area contributed by atoms with Crippen LogP contribution in [-0.2, 0) is 71.0 Å². The number of piperazine rings is 4. The maximum atomic E-state index is 12.1. The maximum absolute atomic E-state index is 12.1. The number of aromatic hydroxyl groups is 2. The second-order valence-corrected chi connectivity index (χ2v) is 39.4. The first-order chi connectivity index (χ1) is 70.6. The molecule has 3 atom stereocenters. The Morgan fingerprint density at radius 1 is 0.379 bits per heavy atom. The van der Waals surface area contributed by atoms with Crippen LogP contribution in [0.2, 0.25) is 0 Å². The fraction of sp³-hybridized carbons (Fsp3) is 0.402. The molecule has 15 heterocycles. The Morgan fingerprint density at radius 2 is 0.731 bits per heavy atom. The van der Waals surface area contributed by atoms with Crippen LogP contribution >= 0.6 is 0 Å². The number of pyridine rings is 1. The topological polar surface area (TPSA) is 301 Å². The normalized spacial score (nSPS) is 18.5. The van der Waals surface area contributed by atoms with E-state index in [0.717, 1.165) is 244 Å². The van der Waals surface area contributed by atoms with E-state index in [2.05, 4.69) is 182 Å². The number of phenolic OH excluding ortho intramolecular Hbond substituents is 2. The second-order valence-electron chi connectivity index (χ2n) is 39.4. The van der Waals surface area contributed by atoms with Crippen molar-refractivity contribution in [2.75, 3.05) is 231 Å².